The predicted molar refractivity (Wildman–Crippen MR) is 112 cm³/mol. The Labute approximate surface area is 160 Å². The molecule has 142 valence electrons. The summed E-state index contributed by atoms with van der Waals surface area (Å²) in [5.41, 5.74) is 3.27. The molecule has 1 heterocycles. The van der Waals surface area contributed by atoms with E-state index in [9.17, 15) is 4.79 Å². The molecule has 3 rings (SSSR count). The van der Waals surface area contributed by atoms with Gasteiger partial charge in [0.2, 0.25) is 5.91 Å². The number of hydrogen-bond acceptors (Lipinski definition) is 3. The number of fused-ring (bicyclic) bond motifs is 1. The van der Waals surface area contributed by atoms with Crippen molar-refractivity contribution in [1.82, 2.24) is 10.6 Å². The summed E-state index contributed by atoms with van der Waals surface area (Å²) in [4.78, 5) is 18.4. The normalized spacial score (nSPS) is 16.3. The fraction of sp³-hybridized carbons (Fsp3) is 0.333. The van der Waals surface area contributed by atoms with Crippen molar-refractivity contribution < 1.29 is 4.79 Å². The molecule has 1 aliphatic heterocycles. The minimum absolute atomic E-state index is 0.0629. The Bertz CT molecular complexity index is 790. The predicted octanol–water partition coefficient (Wildman–Crippen LogP) is 2.41. The lowest BCUT2D eigenvalue weighted by Gasteiger charge is -2.26. The standard InChI is InChI=1S/C21H27N5O/c1-22-21(23-12-13-26(2)17-8-4-3-5-9-17)24-15-16-14-20(27)25-19-11-7-6-10-18(16)19/h3-11,16H,12-15H2,1-2H3,(H,25,27)(H2,22,23,24). The van der Waals surface area contributed by atoms with E-state index in [0.29, 0.717) is 13.0 Å². The first-order valence-corrected chi connectivity index (χ1v) is 9.27. The van der Waals surface area contributed by atoms with E-state index in [2.05, 4.69) is 51.1 Å². The molecule has 2 aromatic carbocycles. The Kier molecular flexibility index (Phi) is 6.30. The van der Waals surface area contributed by atoms with Gasteiger partial charge in [-0.1, -0.05) is 36.4 Å². The van der Waals surface area contributed by atoms with Crippen molar-refractivity contribution >= 4 is 23.2 Å². The minimum Gasteiger partial charge on any atom is -0.373 e. The van der Waals surface area contributed by atoms with Crippen LogP contribution in [-0.4, -0.2) is 45.6 Å². The van der Waals surface area contributed by atoms with E-state index in [4.69, 9.17) is 0 Å². The summed E-state index contributed by atoms with van der Waals surface area (Å²) in [5, 5.41) is 9.63. The molecule has 1 aliphatic rings. The number of nitrogens with zero attached hydrogens (tertiary/aromatic N) is 2. The Morgan fingerprint density at radius 1 is 1.15 bits per heavy atom. The number of aliphatic imine (C=N–C) groups is 1. The Hall–Kier alpha value is -3.02. The van der Waals surface area contributed by atoms with Crippen molar-refractivity contribution in [3.8, 4) is 0 Å². The summed E-state index contributed by atoms with van der Waals surface area (Å²) in [6, 6.07) is 18.3. The number of guanidine groups is 1. The second-order valence-corrected chi connectivity index (χ2v) is 6.67. The van der Waals surface area contributed by atoms with Gasteiger partial charge < -0.3 is 20.9 Å². The van der Waals surface area contributed by atoms with E-state index >= 15 is 0 Å². The highest BCUT2D eigenvalue weighted by atomic mass is 16.1. The molecule has 6 heteroatoms. The summed E-state index contributed by atoms with van der Waals surface area (Å²) < 4.78 is 0. The van der Waals surface area contributed by atoms with Gasteiger partial charge in [0, 0.05) is 57.4 Å². The van der Waals surface area contributed by atoms with Gasteiger partial charge in [-0.05, 0) is 23.8 Å². The Morgan fingerprint density at radius 2 is 1.89 bits per heavy atom. The second-order valence-electron chi connectivity index (χ2n) is 6.67. The van der Waals surface area contributed by atoms with Crippen LogP contribution < -0.4 is 20.9 Å². The van der Waals surface area contributed by atoms with E-state index in [-0.39, 0.29) is 11.8 Å². The number of nitrogens with one attached hydrogen (secondary N) is 3. The van der Waals surface area contributed by atoms with Gasteiger partial charge >= 0.3 is 0 Å². The lowest BCUT2D eigenvalue weighted by Crippen LogP contribution is -2.43. The molecular weight excluding hydrogens is 338 g/mol. The second kappa shape index (κ2) is 9.07. The molecule has 0 bridgehead atoms. The molecule has 0 spiro atoms. The van der Waals surface area contributed by atoms with E-state index < -0.39 is 0 Å². The number of likely N-dealkylation sites (N-methyl/N-ethyl adjacent to an activating group) is 1. The SMILES string of the molecule is CN=C(NCCN(C)c1ccccc1)NCC1CC(=O)Nc2ccccc21. The van der Waals surface area contributed by atoms with Crippen molar-refractivity contribution in [1.29, 1.82) is 0 Å². The van der Waals surface area contributed by atoms with Crippen molar-refractivity contribution in [2.75, 3.05) is 43.9 Å². The molecule has 27 heavy (non-hydrogen) atoms. The zero-order valence-corrected chi connectivity index (χ0v) is 15.9. The Balaban J connectivity index is 1.49. The average Bonchev–Trinajstić information content (AvgIpc) is 2.70. The van der Waals surface area contributed by atoms with E-state index in [1.54, 1.807) is 7.05 Å². The maximum atomic E-state index is 11.9. The van der Waals surface area contributed by atoms with Crippen LogP contribution in [0.5, 0.6) is 0 Å². The fourth-order valence-electron chi connectivity index (χ4n) is 3.28. The van der Waals surface area contributed by atoms with Crippen LogP contribution in [0.15, 0.2) is 59.6 Å². The number of rotatable bonds is 6. The number of benzene rings is 2. The highest BCUT2D eigenvalue weighted by Crippen LogP contribution is 2.31. The van der Waals surface area contributed by atoms with Crippen LogP contribution in [0.1, 0.15) is 17.9 Å². The molecule has 1 atom stereocenters. The number of anilines is 2. The third-order valence-corrected chi connectivity index (χ3v) is 4.78. The first kappa shape index (κ1) is 18.8. The van der Waals surface area contributed by atoms with Crippen LogP contribution in [0.2, 0.25) is 0 Å². The third-order valence-electron chi connectivity index (χ3n) is 4.78. The molecule has 6 nitrogen and oxygen atoms in total. The molecular formula is C21H27N5O. The maximum absolute atomic E-state index is 11.9. The third kappa shape index (κ3) is 5.00. The topological polar surface area (TPSA) is 68.8 Å². The van der Waals surface area contributed by atoms with Gasteiger partial charge in [-0.15, -0.1) is 0 Å². The lowest BCUT2D eigenvalue weighted by molar-refractivity contribution is -0.116. The van der Waals surface area contributed by atoms with E-state index in [0.717, 1.165) is 24.7 Å². The number of hydrogen-bond donors (Lipinski definition) is 3. The number of carbonyl (C=O) groups is 1. The van der Waals surface area contributed by atoms with Crippen LogP contribution in [-0.2, 0) is 4.79 Å². The van der Waals surface area contributed by atoms with E-state index in [1.807, 2.05) is 36.4 Å². The van der Waals surface area contributed by atoms with Crippen LogP contribution in [0.4, 0.5) is 11.4 Å². The highest BCUT2D eigenvalue weighted by molar-refractivity contribution is 5.94. The molecule has 1 amide bonds. The zero-order chi connectivity index (χ0) is 19.1. The smallest absolute Gasteiger partial charge is 0.225 e. The van der Waals surface area contributed by atoms with Gasteiger partial charge in [0.15, 0.2) is 5.96 Å². The number of amides is 1. The van der Waals surface area contributed by atoms with Gasteiger partial charge in [-0.25, -0.2) is 0 Å². The van der Waals surface area contributed by atoms with Gasteiger partial charge in [0.05, 0.1) is 0 Å². The number of para-hydroxylation sites is 2. The monoisotopic (exact) mass is 365 g/mol. The first-order chi connectivity index (χ1) is 13.2. The van der Waals surface area contributed by atoms with Crippen LogP contribution in [0, 0.1) is 0 Å². The summed E-state index contributed by atoms with van der Waals surface area (Å²) in [6.45, 7) is 2.30. The summed E-state index contributed by atoms with van der Waals surface area (Å²) in [6.07, 6.45) is 0.484. The highest BCUT2D eigenvalue weighted by Gasteiger charge is 2.24. The summed E-state index contributed by atoms with van der Waals surface area (Å²) >= 11 is 0. The minimum atomic E-state index is 0.0629. The lowest BCUT2D eigenvalue weighted by atomic mass is 9.90. The summed E-state index contributed by atoms with van der Waals surface area (Å²) in [5.74, 6) is 0.952. The zero-order valence-electron chi connectivity index (χ0n) is 15.9. The van der Waals surface area contributed by atoms with Gasteiger partial charge in [-0.2, -0.15) is 0 Å². The van der Waals surface area contributed by atoms with Crippen molar-refractivity contribution in [3.63, 3.8) is 0 Å². The Morgan fingerprint density at radius 3 is 2.67 bits per heavy atom. The molecule has 0 fully saturated rings. The van der Waals surface area contributed by atoms with Crippen molar-refractivity contribution in [2.24, 2.45) is 4.99 Å². The molecule has 0 aromatic heterocycles. The van der Waals surface area contributed by atoms with Crippen molar-refractivity contribution in [2.45, 2.75) is 12.3 Å². The van der Waals surface area contributed by atoms with Gasteiger partial charge in [0.25, 0.3) is 0 Å². The average molecular weight is 365 g/mol. The molecule has 0 saturated carbocycles. The maximum Gasteiger partial charge on any atom is 0.225 e. The van der Waals surface area contributed by atoms with Crippen LogP contribution in [0.25, 0.3) is 0 Å². The molecule has 2 aromatic rings. The number of carbonyl (C=O) groups excluding carboxylic acids is 1. The van der Waals surface area contributed by atoms with Crippen LogP contribution in [0.3, 0.4) is 0 Å². The quantitative estimate of drug-likeness (QED) is 0.543. The molecule has 0 aliphatic carbocycles. The molecule has 0 saturated heterocycles. The molecule has 0 radical (unpaired) electrons. The van der Waals surface area contributed by atoms with Gasteiger partial charge in [-0.3, -0.25) is 9.79 Å². The van der Waals surface area contributed by atoms with E-state index in [1.165, 1.54) is 11.3 Å². The fourth-order valence-corrected chi connectivity index (χ4v) is 3.28. The largest absolute Gasteiger partial charge is 0.373 e. The first-order valence-electron chi connectivity index (χ1n) is 9.27. The van der Waals surface area contributed by atoms with Gasteiger partial charge in [0.1, 0.15) is 0 Å². The van der Waals surface area contributed by atoms with Crippen LogP contribution >= 0.6 is 0 Å². The summed E-state index contributed by atoms with van der Waals surface area (Å²) in [7, 11) is 3.84. The molecule has 3 N–H and O–H groups in total. The molecule has 1 unspecified atom stereocenters. The van der Waals surface area contributed by atoms with Crippen molar-refractivity contribution in [3.05, 3.63) is 60.2 Å².